The molecule has 1 aromatic heterocycles. The second-order valence-electron chi connectivity index (χ2n) is 15.7. The minimum Gasteiger partial charge on any atom is -0.507 e. The number of hydrogen-bond acceptors (Lipinski definition) is 9. The highest BCUT2D eigenvalue weighted by atomic mass is 19.1. The van der Waals surface area contributed by atoms with Gasteiger partial charge >= 0.3 is 0 Å². The minimum absolute atomic E-state index is 0.00895. The van der Waals surface area contributed by atoms with E-state index in [0.717, 1.165) is 81.4 Å². The number of aromatic hydroxyl groups is 1. The number of hydrogen-bond donors (Lipinski definition) is 4. The van der Waals surface area contributed by atoms with Crippen LogP contribution in [-0.2, 0) is 17.8 Å². The highest BCUT2D eigenvalue weighted by Crippen LogP contribution is 2.32. The van der Waals surface area contributed by atoms with Gasteiger partial charge in [-0.15, -0.1) is 0 Å². The van der Waals surface area contributed by atoms with Crippen molar-refractivity contribution in [2.45, 2.75) is 83.7 Å². The van der Waals surface area contributed by atoms with Crippen LogP contribution in [0.3, 0.4) is 0 Å². The standard InChI is InChI=1S/C44H53FN6O5/c1-28-7-14-41(52)39(19-28)42(53)48-35-9-11-36(12-10-35)49-43(54)40-22-34(45)23-46-44(40)56-37-6-4-5-32(21-37)38-13-8-31(26-51-24-29(2)47-30(3)25-51)20-33(38)27-50-15-17-55-18-16-50/h4-8,13-14,19-23,29-30,35-36,47,52H,9-12,15-18,24-27H2,1-3H3,(H,48,53)(H,49,54)/t29-,30+,35?,36?. The molecule has 2 atom stereocenters. The highest BCUT2D eigenvalue weighted by Gasteiger charge is 2.27. The topological polar surface area (TPSA) is 128 Å². The van der Waals surface area contributed by atoms with Crippen LogP contribution in [0, 0.1) is 12.7 Å². The summed E-state index contributed by atoms with van der Waals surface area (Å²) in [7, 11) is 0. The summed E-state index contributed by atoms with van der Waals surface area (Å²) in [6.45, 7) is 13.2. The number of halogens is 1. The van der Waals surface area contributed by atoms with Crippen molar-refractivity contribution in [1.82, 2.24) is 30.7 Å². The number of phenolic OH excluding ortho intramolecular Hbond substituents is 1. The number of aromatic nitrogens is 1. The van der Waals surface area contributed by atoms with E-state index in [9.17, 15) is 19.1 Å². The molecule has 56 heavy (non-hydrogen) atoms. The predicted molar refractivity (Wildman–Crippen MR) is 213 cm³/mol. The van der Waals surface area contributed by atoms with E-state index in [0.29, 0.717) is 43.5 Å². The molecule has 0 bridgehead atoms. The Labute approximate surface area is 328 Å². The van der Waals surface area contributed by atoms with Crippen LogP contribution in [0.5, 0.6) is 17.4 Å². The lowest BCUT2D eigenvalue weighted by Gasteiger charge is -2.36. The van der Waals surface area contributed by atoms with Crippen LogP contribution in [-0.4, -0.2) is 95.3 Å². The molecular formula is C44H53FN6O5. The Morgan fingerprint density at radius 3 is 2.29 bits per heavy atom. The van der Waals surface area contributed by atoms with Crippen molar-refractivity contribution in [2.24, 2.45) is 0 Å². The minimum atomic E-state index is -0.639. The van der Waals surface area contributed by atoms with Crippen molar-refractivity contribution < 1.29 is 28.6 Å². The van der Waals surface area contributed by atoms with E-state index in [4.69, 9.17) is 9.47 Å². The van der Waals surface area contributed by atoms with E-state index in [-0.39, 0.29) is 40.7 Å². The number of carbonyl (C=O) groups is 2. The summed E-state index contributed by atoms with van der Waals surface area (Å²) in [5.41, 5.74) is 5.70. The lowest BCUT2D eigenvalue weighted by Crippen LogP contribution is -2.53. The molecule has 12 heteroatoms. The van der Waals surface area contributed by atoms with Gasteiger partial charge in [-0.3, -0.25) is 19.4 Å². The Balaban J connectivity index is 1.03. The van der Waals surface area contributed by atoms with Crippen molar-refractivity contribution in [3.8, 4) is 28.5 Å². The monoisotopic (exact) mass is 764 g/mol. The average Bonchev–Trinajstić information content (AvgIpc) is 3.17. The molecule has 3 aromatic carbocycles. The maximum absolute atomic E-state index is 14.6. The number of phenols is 1. The van der Waals surface area contributed by atoms with Gasteiger partial charge in [0, 0.05) is 63.4 Å². The summed E-state index contributed by atoms with van der Waals surface area (Å²) in [6, 6.07) is 21.2. The second-order valence-corrected chi connectivity index (χ2v) is 15.7. The fourth-order valence-corrected chi connectivity index (χ4v) is 8.24. The Hall–Kier alpha value is -4.88. The first-order chi connectivity index (χ1) is 27.1. The molecule has 1 aliphatic carbocycles. The summed E-state index contributed by atoms with van der Waals surface area (Å²) in [6.07, 6.45) is 3.58. The van der Waals surface area contributed by atoms with Gasteiger partial charge in [-0.2, -0.15) is 0 Å². The highest BCUT2D eigenvalue weighted by molar-refractivity contribution is 5.97. The molecule has 4 N–H and O–H groups in total. The number of ether oxygens (including phenoxy) is 2. The third kappa shape index (κ3) is 10.1. The molecule has 1 saturated carbocycles. The third-order valence-electron chi connectivity index (χ3n) is 10.9. The molecule has 2 amide bonds. The Kier molecular flexibility index (Phi) is 12.6. The Bertz CT molecular complexity index is 2000. The first-order valence-corrected chi connectivity index (χ1v) is 19.8. The summed E-state index contributed by atoms with van der Waals surface area (Å²) in [5.74, 6) is -0.997. The van der Waals surface area contributed by atoms with Gasteiger partial charge in [0.2, 0.25) is 5.88 Å². The van der Waals surface area contributed by atoms with E-state index < -0.39 is 11.7 Å². The lowest BCUT2D eigenvalue weighted by atomic mass is 9.90. The molecule has 296 valence electrons. The van der Waals surface area contributed by atoms with E-state index in [2.05, 4.69) is 68.8 Å². The number of aryl methyl sites for hydroxylation is 1. The lowest BCUT2D eigenvalue weighted by molar-refractivity contribution is 0.0342. The molecular weight excluding hydrogens is 712 g/mol. The van der Waals surface area contributed by atoms with Gasteiger partial charge in [0.15, 0.2) is 0 Å². The van der Waals surface area contributed by atoms with Gasteiger partial charge in [0.05, 0.1) is 25.0 Å². The third-order valence-corrected chi connectivity index (χ3v) is 10.9. The van der Waals surface area contributed by atoms with Gasteiger partial charge in [-0.05, 0) is 99.0 Å². The average molecular weight is 765 g/mol. The maximum atomic E-state index is 14.6. The van der Waals surface area contributed by atoms with Crippen LogP contribution in [0.4, 0.5) is 4.39 Å². The largest absolute Gasteiger partial charge is 0.507 e. The molecule has 3 fully saturated rings. The SMILES string of the molecule is Cc1ccc(O)c(C(=O)NC2CCC(NC(=O)c3cc(F)cnc3Oc3cccc(-c4ccc(CN5C[C@@H](C)N[C@@H](C)C5)cc4CN4CCOCC4)c3)CC2)c1. The number of pyridine rings is 1. The normalized spacial score (nSPS) is 22.0. The van der Waals surface area contributed by atoms with Crippen LogP contribution >= 0.6 is 0 Å². The number of benzene rings is 3. The zero-order chi connectivity index (χ0) is 39.2. The summed E-state index contributed by atoms with van der Waals surface area (Å²) in [5, 5.41) is 19.8. The van der Waals surface area contributed by atoms with Crippen molar-refractivity contribution >= 4 is 11.8 Å². The van der Waals surface area contributed by atoms with Gasteiger partial charge in [0.1, 0.15) is 22.9 Å². The van der Waals surface area contributed by atoms with E-state index in [1.165, 1.54) is 17.2 Å². The maximum Gasteiger partial charge on any atom is 0.257 e. The molecule has 2 saturated heterocycles. The number of nitrogens with zero attached hydrogens (tertiary/aromatic N) is 3. The molecule has 3 aliphatic rings. The smallest absolute Gasteiger partial charge is 0.257 e. The number of rotatable bonds is 11. The first-order valence-electron chi connectivity index (χ1n) is 19.8. The zero-order valence-corrected chi connectivity index (χ0v) is 32.5. The van der Waals surface area contributed by atoms with Gasteiger partial charge in [-0.1, -0.05) is 42.0 Å². The molecule has 11 nitrogen and oxygen atoms in total. The number of amides is 2. The van der Waals surface area contributed by atoms with Crippen molar-refractivity contribution in [1.29, 1.82) is 0 Å². The number of morpholine rings is 1. The van der Waals surface area contributed by atoms with Gasteiger partial charge < -0.3 is 30.5 Å². The zero-order valence-electron chi connectivity index (χ0n) is 32.5. The van der Waals surface area contributed by atoms with Crippen molar-refractivity contribution in [3.63, 3.8) is 0 Å². The van der Waals surface area contributed by atoms with E-state index >= 15 is 0 Å². The number of carbonyl (C=O) groups excluding carboxylic acids is 2. The Morgan fingerprint density at radius 2 is 1.57 bits per heavy atom. The summed E-state index contributed by atoms with van der Waals surface area (Å²) >= 11 is 0. The van der Waals surface area contributed by atoms with Crippen LogP contribution < -0.4 is 20.7 Å². The van der Waals surface area contributed by atoms with Crippen LogP contribution in [0.15, 0.2) is 72.9 Å². The molecule has 7 rings (SSSR count). The van der Waals surface area contributed by atoms with E-state index in [1.807, 2.05) is 25.1 Å². The summed E-state index contributed by atoms with van der Waals surface area (Å²) < 4.78 is 26.4. The van der Waals surface area contributed by atoms with Crippen molar-refractivity contribution in [2.75, 3.05) is 39.4 Å². The molecule has 4 aromatic rings. The molecule has 0 unspecified atom stereocenters. The summed E-state index contributed by atoms with van der Waals surface area (Å²) in [4.78, 5) is 35.6. The molecule has 0 radical (unpaired) electrons. The quantitative estimate of drug-likeness (QED) is 0.142. The first kappa shape index (κ1) is 39.4. The predicted octanol–water partition coefficient (Wildman–Crippen LogP) is 6.18. The second kappa shape index (κ2) is 17.9. The fourth-order valence-electron chi connectivity index (χ4n) is 8.24. The number of piperazine rings is 1. The van der Waals surface area contributed by atoms with Gasteiger partial charge in [0.25, 0.3) is 11.8 Å². The van der Waals surface area contributed by atoms with Crippen LogP contribution in [0.1, 0.15) is 76.9 Å². The van der Waals surface area contributed by atoms with Crippen LogP contribution in [0.2, 0.25) is 0 Å². The van der Waals surface area contributed by atoms with E-state index in [1.54, 1.807) is 12.1 Å². The molecule has 0 spiro atoms. The molecule has 3 heterocycles. The fraction of sp³-hybridized carbons (Fsp3) is 0.432. The molecule has 2 aliphatic heterocycles. The Morgan fingerprint density at radius 1 is 0.875 bits per heavy atom. The van der Waals surface area contributed by atoms with Gasteiger partial charge in [-0.25, -0.2) is 9.37 Å². The number of nitrogens with one attached hydrogen (secondary N) is 3. The van der Waals surface area contributed by atoms with Crippen LogP contribution in [0.25, 0.3) is 11.1 Å². The van der Waals surface area contributed by atoms with Crippen molar-refractivity contribution in [3.05, 3.63) is 107 Å².